The lowest BCUT2D eigenvalue weighted by Gasteiger charge is -2.05. The first-order valence-electron chi connectivity index (χ1n) is 4.98. The van der Waals surface area contributed by atoms with Crippen molar-refractivity contribution in [1.82, 2.24) is 0 Å². The molecule has 0 saturated heterocycles. The lowest BCUT2D eigenvalue weighted by molar-refractivity contribution is -0.402. The molecule has 0 radical (unpaired) electrons. The Bertz CT molecular complexity index is 656. The van der Waals surface area contributed by atoms with E-state index in [-0.39, 0.29) is 5.76 Å². The first-order valence-corrected chi connectivity index (χ1v) is 6.15. The average Bonchev–Trinajstić information content (AvgIpc) is 2.82. The van der Waals surface area contributed by atoms with E-state index in [2.05, 4.69) is 21.2 Å². The largest absolute Gasteiger partial charge is 0.433 e. The monoisotopic (exact) mass is 344 g/mol. The van der Waals surface area contributed by atoms with Crippen LogP contribution in [0, 0.1) is 10.1 Å². The van der Waals surface area contributed by atoms with E-state index in [4.69, 9.17) is 16.0 Å². The van der Waals surface area contributed by atoms with Gasteiger partial charge in [-0.3, -0.25) is 14.9 Å². The second-order valence-electron chi connectivity index (χ2n) is 3.47. The van der Waals surface area contributed by atoms with Crippen molar-refractivity contribution >= 4 is 45.0 Å². The number of benzene rings is 1. The molecule has 0 fully saturated rings. The molecule has 0 aliphatic heterocycles. The predicted molar refractivity (Wildman–Crippen MR) is 72.5 cm³/mol. The first kappa shape index (κ1) is 13.6. The molecule has 6 nitrogen and oxygen atoms in total. The van der Waals surface area contributed by atoms with Crippen LogP contribution in [0.2, 0.25) is 5.02 Å². The predicted octanol–water partition coefficient (Wildman–Crippen LogP) is 3.86. The fourth-order valence-corrected chi connectivity index (χ4v) is 2.04. The lowest BCUT2D eigenvalue weighted by atomic mass is 10.3. The van der Waals surface area contributed by atoms with Crippen LogP contribution < -0.4 is 5.32 Å². The summed E-state index contributed by atoms with van der Waals surface area (Å²) in [6, 6.07) is 7.24. The minimum absolute atomic E-state index is 0.161. The van der Waals surface area contributed by atoms with Gasteiger partial charge in [-0.25, -0.2) is 0 Å². The van der Waals surface area contributed by atoms with Crippen molar-refractivity contribution < 1.29 is 14.1 Å². The van der Waals surface area contributed by atoms with Gasteiger partial charge in [0.2, 0.25) is 0 Å². The Balaban J connectivity index is 2.18. The minimum Gasteiger partial charge on any atom is -0.395 e. The highest BCUT2D eigenvalue weighted by Crippen LogP contribution is 2.26. The van der Waals surface area contributed by atoms with Crippen LogP contribution in [0.4, 0.5) is 11.6 Å². The van der Waals surface area contributed by atoms with Crippen LogP contribution in [-0.4, -0.2) is 10.8 Å². The maximum Gasteiger partial charge on any atom is 0.433 e. The molecule has 8 heteroatoms. The number of amides is 1. The molecule has 1 amide bonds. The number of hydrogen-bond donors (Lipinski definition) is 1. The van der Waals surface area contributed by atoms with Gasteiger partial charge in [0.05, 0.1) is 16.8 Å². The zero-order chi connectivity index (χ0) is 14.0. The van der Waals surface area contributed by atoms with Crippen LogP contribution >= 0.6 is 27.5 Å². The fraction of sp³-hybridized carbons (Fsp3) is 0. The van der Waals surface area contributed by atoms with Crippen molar-refractivity contribution in [2.45, 2.75) is 0 Å². The Kier molecular flexibility index (Phi) is 3.87. The summed E-state index contributed by atoms with van der Waals surface area (Å²) >= 11 is 9.17. The number of furan rings is 1. The molecule has 0 bridgehead atoms. The number of halogens is 2. The molecule has 1 aromatic carbocycles. The minimum atomic E-state index is -0.719. The Labute approximate surface area is 120 Å². The SMILES string of the molecule is O=C(Nc1ccc(Br)cc1Cl)c1ccc([N+](=O)[O-])o1. The van der Waals surface area contributed by atoms with E-state index in [0.29, 0.717) is 10.7 Å². The summed E-state index contributed by atoms with van der Waals surface area (Å²) in [5.74, 6) is -1.27. The van der Waals surface area contributed by atoms with Crippen molar-refractivity contribution in [2.24, 2.45) is 0 Å². The van der Waals surface area contributed by atoms with Crippen molar-refractivity contribution in [3.63, 3.8) is 0 Å². The Morgan fingerprint density at radius 3 is 2.68 bits per heavy atom. The maximum atomic E-state index is 11.8. The van der Waals surface area contributed by atoms with Crippen LogP contribution in [-0.2, 0) is 0 Å². The van der Waals surface area contributed by atoms with Gasteiger partial charge >= 0.3 is 5.88 Å². The van der Waals surface area contributed by atoms with E-state index in [9.17, 15) is 14.9 Å². The number of rotatable bonds is 3. The van der Waals surface area contributed by atoms with Gasteiger partial charge in [-0.1, -0.05) is 27.5 Å². The number of nitrogens with one attached hydrogen (secondary N) is 1. The summed E-state index contributed by atoms with van der Waals surface area (Å²) in [6.45, 7) is 0. The van der Waals surface area contributed by atoms with E-state index >= 15 is 0 Å². The summed E-state index contributed by atoms with van der Waals surface area (Å²) in [5.41, 5.74) is 0.383. The summed E-state index contributed by atoms with van der Waals surface area (Å²) in [7, 11) is 0. The van der Waals surface area contributed by atoms with Crippen LogP contribution in [0.15, 0.2) is 39.2 Å². The first-order chi connectivity index (χ1) is 8.97. The summed E-state index contributed by atoms with van der Waals surface area (Å²) in [6.07, 6.45) is 0. The summed E-state index contributed by atoms with van der Waals surface area (Å²) in [4.78, 5) is 21.5. The molecule has 1 N–H and O–H groups in total. The highest BCUT2D eigenvalue weighted by molar-refractivity contribution is 9.10. The van der Waals surface area contributed by atoms with Crippen LogP contribution in [0.3, 0.4) is 0 Å². The zero-order valence-corrected chi connectivity index (χ0v) is 11.6. The average molecular weight is 346 g/mol. The smallest absolute Gasteiger partial charge is 0.395 e. The quantitative estimate of drug-likeness (QED) is 0.676. The molecule has 0 aliphatic carbocycles. The highest BCUT2D eigenvalue weighted by Gasteiger charge is 2.18. The van der Waals surface area contributed by atoms with Crippen molar-refractivity contribution in [3.05, 3.63) is 55.7 Å². The van der Waals surface area contributed by atoms with E-state index in [0.717, 1.165) is 10.5 Å². The van der Waals surface area contributed by atoms with Crippen molar-refractivity contribution in [2.75, 3.05) is 5.32 Å². The number of anilines is 1. The van der Waals surface area contributed by atoms with Gasteiger partial charge in [0.15, 0.2) is 5.76 Å². The third-order valence-electron chi connectivity index (χ3n) is 2.17. The number of carbonyl (C=O) groups is 1. The standard InChI is InChI=1S/C11H6BrClN2O4/c12-6-1-2-8(7(13)5-6)14-11(16)9-3-4-10(19-9)15(17)18/h1-5H,(H,14,16). The molecule has 1 heterocycles. The molecule has 0 saturated carbocycles. The third kappa shape index (κ3) is 3.12. The third-order valence-corrected chi connectivity index (χ3v) is 2.98. The molecular formula is C11H6BrClN2O4. The van der Waals surface area contributed by atoms with Gasteiger partial charge in [0, 0.05) is 4.47 Å². The molecule has 0 aliphatic rings. The number of hydrogen-bond acceptors (Lipinski definition) is 4. The van der Waals surface area contributed by atoms with Gasteiger partial charge in [-0.15, -0.1) is 0 Å². The van der Waals surface area contributed by atoms with E-state index in [1.165, 1.54) is 6.07 Å². The van der Waals surface area contributed by atoms with Crippen molar-refractivity contribution in [3.8, 4) is 0 Å². The van der Waals surface area contributed by atoms with Crippen LogP contribution in [0.1, 0.15) is 10.6 Å². The molecule has 1 aromatic heterocycles. The second-order valence-corrected chi connectivity index (χ2v) is 4.80. The van der Waals surface area contributed by atoms with Gasteiger partial charge in [0.25, 0.3) is 5.91 Å². The zero-order valence-electron chi connectivity index (χ0n) is 9.22. The van der Waals surface area contributed by atoms with Crippen LogP contribution in [0.5, 0.6) is 0 Å². The Morgan fingerprint density at radius 2 is 2.11 bits per heavy atom. The molecule has 0 spiro atoms. The second kappa shape index (κ2) is 5.41. The Morgan fingerprint density at radius 1 is 1.37 bits per heavy atom. The lowest BCUT2D eigenvalue weighted by Crippen LogP contribution is -2.11. The van der Waals surface area contributed by atoms with Gasteiger partial charge in [-0.2, -0.15) is 0 Å². The molecule has 0 atom stereocenters. The van der Waals surface area contributed by atoms with E-state index in [1.807, 2.05) is 0 Å². The molecular weight excluding hydrogens is 339 g/mol. The Hall–Kier alpha value is -1.86. The molecule has 19 heavy (non-hydrogen) atoms. The van der Waals surface area contributed by atoms with E-state index in [1.54, 1.807) is 18.2 Å². The number of nitro groups is 1. The van der Waals surface area contributed by atoms with E-state index < -0.39 is 16.7 Å². The van der Waals surface area contributed by atoms with Crippen LogP contribution in [0.25, 0.3) is 0 Å². The molecule has 98 valence electrons. The molecule has 2 aromatic rings. The number of nitrogens with zero attached hydrogens (tertiary/aromatic N) is 1. The molecule has 2 rings (SSSR count). The normalized spacial score (nSPS) is 10.2. The van der Waals surface area contributed by atoms with Crippen molar-refractivity contribution in [1.29, 1.82) is 0 Å². The van der Waals surface area contributed by atoms with Gasteiger partial charge in [-0.05, 0) is 24.3 Å². The summed E-state index contributed by atoms with van der Waals surface area (Å²) < 4.78 is 5.55. The molecule has 0 unspecified atom stereocenters. The fourth-order valence-electron chi connectivity index (χ4n) is 1.32. The summed E-state index contributed by atoms with van der Waals surface area (Å²) in [5, 5.41) is 13.3. The highest BCUT2D eigenvalue weighted by atomic mass is 79.9. The van der Waals surface area contributed by atoms with Gasteiger partial charge < -0.3 is 9.73 Å². The number of carbonyl (C=O) groups excluding carboxylic acids is 1. The maximum absolute atomic E-state index is 11.8. The topological polar surface area (TPSA) is 85.4 Å². The van der Waals surface area contributed by atoms with Gasteiger partial charge in [0.1, 0.15) is 4.92 Å².